The highest BCUT2D eigenvalue weighted by molar-refractivity contribution is 7.89. The highest BCUT2D eigenvalue weighted by atomic mass is 32.2. The number of primary sulfonamides is 1. The largest absolute Gasteiger partial charge is 0.349 e. The molecule has 0 aromatic heterocycles. The molecule has 8 nitrogen and oxygen atoms in total. The molecule has 28 heavy (non-hydrogen) atoms. The molecule has 1 heterocycles. The highest BCUT2D eigenvalue weighted by Gasteiger charge is 2.24. The molecule has 1 saturated heterocycles. The Labute approximate surface area is 163 Å². The Hall–Kier alpha value is -2.91. The van der Waals surface area contributed by atoms with Gasteiger partial charge in [-0.25, -0.2) is 18.4 Å². The van der Waals surface area contributed by atoms with Gasteiger partial charge in [-0.2, -0.15) is 0 Å². The number of carbonyl (C=O) groups is 2. The van der Waals surface area contributed by atoms with Gasteiger partial charge in [0.2, 0.25) is 10.0 Å². The van der Waals surface area contributed by atoms with Crippen LogP contribution in [0, 0.1) is 0 Å². The SMILES string of the molecule is NS(=O)(=O)c1ccc(NC(=O)N2CCC(NC(=O)c3ccccc3)CC2)cc1. The lowest BCUT2D eigenvalue weighted by molar-refractivity contribution is 0.0919. The third-order valence-corrected chi connectivity index (χ3v) is 5.52. The Balaban J connectivity index is 1.49. The molecule has 0 saturated carbocycles. The van der Waals surface area contributed by atoms with Crippen LogP contribution in [0.1, 0.15) is 23.2 Å². The van der Waals surface area contributed by atoms with E-state index < -0.39 is 10.0 Å². The monoisotopic (exact) mass is 402 g/mol. The highest BCUT2D eigenvalue weighted by Crippen LogP contribution is 2.16. The van der Waals surface area contributed by atoms with E-state index in [4.69, 9.17) is 5.14 Å². The van der Waals surface area contributed by atoms with E-state index in [1.165, 1.54) is 24.3 Å². The molecule has 0 aliphatic carbocycles. The van der Waals surface area contributed by atoms with Gasteiger partial charge in [0.05, 0.1) is 4.90 Å². The molecule has 0 atom stereocenters. The summed E-state index contributed by atoms with van der Waals surface area (Å²) in [5.74, 6) is -0.113. The molecular weight excluding hydrogens is 380 g/mol. The maximum Gasteiger partial charge on any atom is 0.321 e. The van der Waals surface area contributed by atoms with Crippen molar-refractivity contribution in [1.29, 1.82) is 0 Å². The Kier molecular flexibility index (Phi) is 5.96. The molecule has 2 aromatic carbocycles. The second kappa shape index (κ2) is 8.41. The van der Waals surface area contributed by atoms with Gasteiger partial charge >= 0.3 is 6.03 Å². The molecule has 4 N–H and O–H groups in total. The number of urea groups is 1. The molecular formula is C19H22N4O4S. The Morgan fingerprint density at radius 2 is 1.57 bits per heavy atom. The minimum atomic E-state index is -3.76. The van der Waals surface area contributed by atoms with Crippen LogP contribution in [-0.4, -0.2) is 44.4 Å². The van der Waals surface area contributed by atoms with Crippen molar-refractivity contribution < 1.29 is 18.0 Å². The Bertz CT molecular complexity index is 938. The molecule has 2 aromatic rings. The van der Waals surface area contributed by atoms with E-state index in [0.29, 0.717) is 37.2 Å². The van der Waals surface area contributed by atoms with Gasteiger partial charge < -0.3 is 15.5 Å². The van der Waals surface area contributed by atoms with Gasteiger partial charge in [0.25, 0.3) is 5.91 Å². The first-order valence-corrected chi connectivity index (χ1v) is 10.4. The fraction of sp³-hybridized carbons (Fsp3) is 0.263. The van der Waals surface area contributed by atoms with Crippen molar-refractivity contribution >= 4 is 27.6 Å². The number of benzene rings is 2. The average Bonchev–Trinajstić information content (AvgIpc) is 2.69. The zero-order valence-corrected chi connectivity index (χ0v) is 16.0. The van der Waals surface area contributed by atoms with Crippen LogP contribution in [0.25, 0.3) is 0 Å². The lowest BCUT2D eigenvalue weighted by Crippen LogP contribution is -2.47. The maximum absolute atomic E-state index is 12.4. The number of carbonyl (C=O) groups excluding carboxylic acids is 2. The summed E-state index contributed by atoms with van der Waals surface area (Å²) in [6.45, 7) is 1.03. The number of anilines is 1. The predicted octanol–water partition coefficient (Wildman–Crippen LogP) is 1.76. The van der Waals surface area contributed by atoms with Crippen LogP contribution in [0.3, 0.4) is 0 Å². The number of piperidine rings is 1. The van der Waals surface area contributed by atoms with Crippen LogP contribution in [0.15, 0.2) is 59.5 Å². The molecule has 3 rings (SSSR count). The van der Waals surface area contributed by atoms with Gasteiger partial charge in [-0.15, -0.1) is 0 Å². The van der Waals surface area contributed by atoms with Crippen LogP contribution >= 0.6 is 0 Å². The summed E-state index contributed by atoms with van der Waals surface area (Å²) < 4.78 is 22.5. The molecule has 0 radical (unpaired) electrons. The van der Waals surface area contributed by atoms with Gasteiger partial charge in [0.15, 0.2) is 0 Å². The molecule has 0 spiro atoms. The van der Waals surface area contributed by atoms with Gasteiger partial charge in [-0.05, 0) is 49.2 Å². The summed E-state index contributed by atoms with van der Waals surface area (Å²) in [7, 11) is -3.76. The van der Waals surface area contributed by atoms with E-state index in [0.717, 1.165) is 0 Å². The molecule has 1 aliphatic heterocycles. The molecule has 1 aliphatic rings. The first-order chi connectivity index (χ1) is 13.3. The molecule has 9 heteroatoms. The fourth-order valence-corrected chi connectivity index (χ4v) is 3.53. The fourth-order valence-electron chi connectivity index (χ4n) is 3.02. The van der Waals surface area contributed by atoms with Crippen molar-refractivity contribution in [3.8, 4) is 0 Å². The number of nitrogens with zero attached hydrogens (tertiary/aromatic N) is 1. The normalized spacial score (nSPS) is 15.1. The van der Waals surface area contributed by atoms with Crippen LogP contribution in [0.4, 0.5) is 10.5 Å². The van der Waals surface area contributed by atoms with Gasteiger partial charge in [0, 0.05) is 30.4 Å². The van der Waals surface area contributed by atoms with E-state index in [2.05, 4.69) is 10.6 Å². The van der Waals surface area contributed by atoms with E-state index in [-0.39, 0.29) is 22.9 Å². The number of nitrogens with one attached hydrogen (secondary N) is 2. The van der Waals surface area contributed by atoms with Crippen molar-refractivity contribution in [3.05, 3.63) is 60.2 Å². The molecule has 148 valence electrons. The number of nitrogens with two attached hydrogens (primary N) is 1. The Morgan fingerprint density at radius 3 is 2.14 bits per heavy atom. The minimum absolute atomic E-state index is 0.0135. The number of rotatable bonds is 4. The third-order valence-electron chi connectivity index (χ3n) is 4.59. The predicted molar refractivity (Wildman–Crippen MR) is 105 cm³/mol. The van der Waals surface area contributed by atoms with Crippen molar-refractivity contribution in [2.24, 2.45) is 5.14 Å². The second-order valence-electron chi connectivity index (χ2n) is 6.60. The van der Waals surface area contributed by atoms with Crippen molar-refractivity contribution in [3.63, 3.8) is 0 Å². The van der Waals surface area contributed by atoms with E-state index in [1.807, 2.05) is 18.2 Å². The van der Waals surface area contributed by atoms with E-state index >= 15 is 0 Å². The molecule has 0 unspecified atom stereocenters. The van der Waals surface area contributed by atoms with Gasteiger partial charge in [0.1, 0.15) is 0 Å². The smallest absolute Gasteiger partial charge is 0.321 e. The van der Waals surface area contributed by atoms with Crippen LogP contribution in [0.5, 0.6) is 0 Å². The van der Waals surface area contributed by atoms with Crippen LogP contribution < -0.4 is 15.8 Å². The van der Waals surface area contributed by atoms with Crippen molar-refractivity contribution in [2.45, 2.75) is 23.8 Å². The zero-order valence-electron chi connectivity index (χ0n) is 15.2. The summed E-state index contributed by atoms with van der Waals surface area (Å²) in [6, 6.07) is 14.4. The van der Waals surface area contributed by atoms with E-state index in [9.17, 15) is 18.0 Å². The maximum atomic E-state index is 12.4. The first kappa shape index (κ1) is 19.8. The zero-order chi connectivity index (χ0) is 20.1. The molecule has 1 fully saturated rings. The summed E-state index contributed by atoms with van der Waals surface area (Å²) in [6.07, 6.45) is 1.33. The van der Waals surface area contributed by atoms with Gasteiger partial charge in [-0.3, -0.25) is 4.79 Å². The van der Waals surface area contributed by atoms with E-state index in [1.54, 1.807) is 17.0 Å². The number of hydrogen-bond acceptors (Lipinski definition) is 4. The summed E-state index contributed by atoms with van der Waals surface area (Å²) in [5, 5.41) is 10.8. The second-order valence-corrected chi connectivity index (χ2v) is 8.16. The lowest BCUT2D eigenvalue weighted by Gasteiger charge is -2.32. The van der Waals surface area contributed by atoms with Crippen molar-refractivity contribution in [1.82, 2.24) is 10.2 Å². The lowest BCUT2D eigenvalue weighted by atomic mass is 10.0. The average molecular weight is 402 g/mol. The number of sulfonamides is 1. The number of likely N-dealkylation sites (tertiary alicyclic amines) is 1. The topological polar surface area (TPSA) is 122 Å². The molecule has 3 amide bonds. The van der Waals surface area contributed by atoms with Crippen LogP contribution in [-0.2, 0) is 10.0 Å². The first-order valence-electron chi connectivity index (χ1n) is 8.87. The molecule has 0 bridgehead atoms. The van der Waals surface area contributed by atoms with Gasteiger partial charge in [-0.1, -0.05) is 18.2 Å². The minimum Gasteiger partial charge on any atom is -0.349 e. The third kappa shape index (κ3) is 5.08. The standard InChI is InChI=1S/C19H22N4O4S/c20-28(26,27)17-8-6-15(7-9-17)22-19(25)23-12-10-16(11-13-23)21-18(24)14-4-2-1-3-5-14/h1-9,16H,10-13H2,(H,21,24)(H,22,25)(H2,20,26,27). The van der Waals surface area contributed by atoms with Crippen molar-refractivity contribution in [2.75, 3.05) is 18.4 Å². The van der Waals surface area contributed by atoms with Crippen LogP contribution in [0.2, 0.25) is 0 Å². The summed E-state index contributed by atoms with van der Waals surface area (Å²) in [4.78, 5) is 26.2. The quantitative estimate of drug-likeness (QED) is 0.721. The summed E-state index contributed by atoms with van der Waals surface area (Å²) in [5.41, 5.74) is 1.10. The number of hydrogen-bond donors (Lipinski definition) is 3. The number of amides is 3. The Morgan fingerprint density at radius 1 is 0.964 bits per heavy atom. The summed E-state index contributed by atoms with van der Waals surface area (Å²) >= 11 is 0.